The molecule has 3 heterocycles. The highest BCUT2D eigenvalue weighted by atomic mass is 35.5. The van der Waals surface area contributed by atoms with Crippen LogP contribution in [0.5, 0.6) is 5.75 Å². The van der Waals surface area contributed by atoms with Crippen LogP contribution in [0.25, 0.3) is 0 Å². The molecule has 0 aliphatic carbocycles. The maximum Gasteiger partial charge on any atom is 0.266 e. The number of methoxy groups -OCH3 is 1. The first-order valence-electron chi connectivity index (χ1n) is 14.8. The van der Waals surface area contributed by atoms with Gasteiger partial charge >= 0.3 is 0 Å². The van der Waals surface area contributed by atoms with Crippen molar-refractivity contribution in [1.29, 1.82) is 0 Å². The van der Waals surface area contributed by atoms with E-state index in [4.69, 9.17) is 27.9 Å². The van der Waals surface area contributed by atoms with Gasteiger partial charge in [-0.2, -0.15) is 4.98 Å². The highest BCUT2D eigenvalue weighted by molar-refractivity contribution is 7.70. The van der Waals surface area contributed by atoms with E-state index in [0.29, 0.717) is 40.0 Å². The average Bonchev–Trinajstić information content (AvgIpc) is 3.03. The van der Waals surface area contributed by atoms with Crippen molar-refractivity contribution in [1.82, 2.24) is 20.2 Å². The van der Waals surface area contributed by atoms with Gasteiger partial charge in [-0.3, -0.25) is 9.69 Å². The molecular formula is C31H39Cl2N8O3P. The molecule has 2 fully saturated rings. The lowest BCUT2D eigenvalue weighted by atomic mass is 10.0. The summed E-state index contributed by atoms with van der Waals surface area (Å²) in [6.45, 7) is 12.8. The molecule has 0 saturated carbocycles. The van der Waals surface area contributed by atoms with Gasteiger partial charge in [0, 0.05) is 56.7 Å². The Balaban J connectivity index is 1.42. The van der Waals surface area contributed by atoms with Crippen LogP contribution < -0.4 is 36.2 Å². The van der Waals surface area contributed by atoms with E-state index in [1.165, 1.54) is 6.20 Å². The molecular weight excluding hydrogens is 634 g/mol. The molecule has 0 atom stereocenters. The molecule has 0 unspecified atom stereocenters. The number of piperidine rings is 1. The van der Waals surface area contributed by atoms with Crippen LogP contribution in [0.4, 0.5) is 34.5 Å². The van der Waals surface area contributed by atoms with Gasteiger partial charge in [0.1, 0.15) is 17.9 Å². The van der Waals surface area contributed by atoms with Crippen molar-refractivity contribution in [2.24, 2.45) is 0 Å². The number of ether oxygens (including phenoxy) is 1. The summed E-state index contributed by atoms with van der Waals surface area (Å²) in [6, 6.07) is 11.5. The lowest BCUT2D eigenvalue weighted by molar-refractivity contribution is -0.112. The molecule has 11 nitrogen and oxygen atoms in total. The van der Waals surface area contributed by atoms with Gasteiger partial charge in [-0.05, 0) is 44.4 Å². The number of hydrogen-bond acceptors (Lipinski definition) is 10. The standard InChI is InChI=1S/C31H39Cl2N8O3P/c1-20(32)30(42)37-24-17-25(27(44-2)18-26(24)41-13-9-21(10-14-41)40-15-11-34-12-16-40)38-31-35-19-22(33)29(39-31)36-23-7-5-6-8-28(23)45(3,4)43/h5-8,17-19,21,34H,1,9-16H2,2-4H3,(H,37,42)(H2,35,36,38,39). The second-order valence-electron chi connectivity index (χ2n) is 11.4. The van der Waals surface area contributed by atoms with Crippen molar-refractivity contribution in [2.75, 3.05) is 80.6 Å². The zero-order valence-electron chi connectivity index (χ0n) is 25.7. The monoisotopic (exact) mass is 672 g/mol. The summed E-state index contributed by atoms with van der Waals surface area (Å²) >= 11 is 12.4. The molecule has 240 valence electrons. The van der Waals surface area contributed by atoms with Gasteiger partial charge in [0.05, 0.1) is 41.1 Å². The fourth-order valence-corrected chi connectivity index (χ4v) is 7.06. The van der Waals surface area contributed by atoms with E-state index in [-0.39, 0.29) is 16.0 Å². The minimum Gasteiger partial charge on any atom is -0.494 e. The number of carbonyl (C=O) groups excluding carboxylic acids is 1. The number of benzene rings is 2. The minimum atomic E-state index is -2.58. The van der Waals surface area contributed by atoms with Crippen LogP contribution in [0.2, 0.25) is 5.02 Å². The SMILES string of the molecule is C=C(Cl)C(=O)Nc1cc(Nc2ncc(Cl)c(Nc3ccccc3P(C)(C)=O)n2)c(OC)cc1N1CCC(N2CCNCC2)CC1. The highest BCUT2D eigenvalue weighted by Gasteiger charge is 2.28. The lowest BCUT2D eigenvalue weighted by Crippen LogP contribution is -2.52. The summed E-state index contributed by atoms with van der Waals surface area (Å²) in [4.78, 5) is 26.5. The largest absolute Gasteiger partial charge is 0.494 e. The number of nitrogens with one attached hydrogen (secondary N) is 4. The number of piperazine rings is 1. The molecule has 1 amide bonds. The zero-order valence-corrected chi connectivity index (χ0v) is 28.1. The summed E-state index contributed by atoms with van der Waals surface area (Å²) in [5.41, 5.74) is 2.54. The predicted molar refractivity (Wildman–Crippen MR) is 185 cm³/mol. The number of amides is 1. The average molecular weight is 674 g/mol. The van der Waals surface area contributed by atoms with Crippen LogP contribution in [-0.4, -0.2) is 86.5 Å². The molecule has 0 spiro atoms. The first-order chi connectivity index (χ1) is 21.5. The maximum absolute atomic E-state index is 12.9. The molecule has 2 aliphatic rings. The third kappa shape index (κ3) is 8.09. The summed E-state index contributed by atoms with van der Waals surface area (Å²) < 4.78 is 18.7. The van der Waals surface area contributed by atoms with Crippen molar-refractivity contribution in [2.45, 2.75) is 18.9 Å². The first-order valence-corrected chi connectivity index (χ1v) is 18.2. The summed E-state index contributed by atoms with van der Waals surface area (Å²) in [6.07, 6.45) is 3.50. The van der Waals surface area contributed by atoms with Gasteiger partial charge in [-0.1, -0.05) is 41.9 Å². The Hall–Kier alpha value is -3.34. The number of hydrogen-bond donors (Lipinski definition) is 4. The van der Waals surface area contributed by atoms with Crippen LogP contribution in [0.15, 0.2) is 54.2 Å². The quantitative estimate of drug-likeness (QED) is 0.164. The molecule has 45 heavy (non-hydrogen) atoms. The van der Waals surface area contributed by atoms with E-state index >= 15 is 0 Å². The van der Waals surface area contributed by atoms with Crippen LogP contribution in [-0.2, 0) is 9.36 Å². The molecule has 3 aromatic rings. The van der Waals surface area contributed by atoms with Gasteiger partial charge in [-0.15, -0.1) is 0 Å². The number of rotatable bonds is 10. The van der Waals surface area contributed by atoms with E-state index in [0.717, 1.165) is 57.8 Å². The van der Waals surface area contributed by atoms with Gasteiger partial charge < -0.3 is 35.5 Å². The second-order valence-corrected chi connectivity index (χ2v) is 15.5. The predicted octanol–water partition coefficient (Wildman–Crippen LogP) is 5.44. The molecule has 1 aromatic heterocycles. The lowest BCUT2D eigenvalue weighted by Gasteiger charge is -2.41. The van der Waals surface area contributed by atoms with Crippen LogP contribution in [0, 0.1) is 0 Å². The highest BCUT2D eigenvalue weighted by Crippen LogP contribution is 2.41. The molecule has 2 aromatic carbocycles. The smallest absolute Gasteiger partial charge is 0.266 e. The van der Waals surface area contributed by atoms with Gasteiger partial charge in [0.15, 0.2) is 5.82 Å². The Labute approximate surface area is 274 Å². The maximum atomic E-state index is 12.9. The Morgan fingerprint density at radius 1 is 1.07 bits per heavy atom. The second kappa shape index (κ2) is 14.4. The van der Waals surface area contributed by atoms with Gasteiger partial charge in [0.2, 0.25) is 5.95 Å². The van der Waals surface area contributed by atoms with Crippen LogP contribution in [0.3, 0.4) is 0 Å². The van der Waals surface area contributed by atoms with Gasteiger partial charge in [0.25, 0.3) is 5.91 Å². The van der Waals surface area contributed by atoms with Crippen molar-refractivity contribution < 1.29 is 14.1 Å². The summed E-state index contributed by atoms with van der Waals surface area (Å²) in [5, 5.41) is 13.6. The van der Waals surface area contributed by atoms with Crippen LogP contribution in [0.1, 0.15) is 12.8 Å². The van der Waals surface area contributed by atoms with Gasteiger partial charge in [-0.25, -0.2) is 4.98 Å². The first kappa shape index (κ1) is 33.0. The number of anilines is 6. The third-order valence-electron chi connectivity index (χ3n) is 8.01. The Kier molecular flexibility index (Phi) is 10.6. The van der Waals surface area contributed by atoms with E-state index in [9.17, 15) is 9.36 Å². The molecule has 5 rings (SSSR count). The van der Waals surface area contributed by atoms with E-state index in [1.54, 1.807) is 26.5 Å². The Bertz CT molecular complexity index is 1600. The fraction of sp³-hybridized carbons (Fsp3) is 0.387. The number of aromatic nitrogens is 2. The van der Waals surface area contributed by atoms with E-state index in [2.05, 4.69) is 47.6 Å². The van der Waals surface area contributed by atoms with Crippen molar-refractivity contribution in [3.05, 3.63) is 59.2 Å². The zero-order chi connectivity index (χ0) is 32.1. The Morgan fingerprint density at radius 2 is 1.78 bits per heavy atom. The molecule has 14 heteroatoms. The molecule has 0 radical (unpaired) electrons. The van der Waals surface area contributed by atoms with Crippen molar-refractivity contribution in [3.8, 4) is 5.75 Å². The normalized spacial score (nSPS) is 16.2. The fourth-order valence-electron chi connectivity index (χ4n) is 5.72. The summed E-state index contributed by atoms with van der Waals surface area (Å²) in [5.74, 6) is 0.609. The number of para-hydroxylation sites is 1. The topological polar surface area (TPSA) is 124 Å². The number of halogens is 2. The number of nitrogens with zero attached hydrogens (tertiary/aromatic N) is 4. The Morgan fingerprint density at radius 3 is 2.44 bits per heavy atom. The third-order valence-corrected chi connectivity index (χ3v) is 10.0. The van der Waals surface area contributed by atoms with Crippen molar-refractivity contribution in [3.63, 3.8) is 0 Å². The molecule has 2 saturated heterocycles. The minimum absolute atomic E-state index is 0.121. The van der Waals surface area contributed by atoms with Crippen molar-refractivity contribution >= 4 is 76.1 Å². The molecule has 4 N–H and O–H groups in total. The summed E-state index contributed by atoms with van der Waals surface area (Å²) in [7, 11) is -0.994. The van der Waals surface area contributed by atoms with E-state index < -0.39 is 13.0 Å². The molecule has 0 bridgehead atoms. The van der Waals surface area contributed by atoms with E-state index in [1.807, 2.05) is 30.3 Å². The van der Waals surface area contributed by atoms with Crippen LogP contribution >= 0.6 is 30.3 Å². The number of carbonyl (C=O) groups is 1. The molecule has 2 aliphatic heterocycles.